The van der Waals surface area contributed by atoms with Crippen LogP contribution < -0.4 is 10.2 Å². The molecule has 0 aliphatic carbocycles. The zero-order valence-electron chi connectivity index (χ0n) is 12.2. The molecule has 20 heavy (non-hydrogen) atoms. The number of aryl methyl sites for hydroxylation is 1. The zero-order chi connectivity index (χ0) is 14.7. The maximum Gasteiger partial charge on any atom is 0.137 e. The Balaban J connectivity index is 2.29. The molecule has 0 spiro atoms. The van der Waals surface area contributed by atoms with E-state index in [2.05, 4.69) is 26.3 Å². The molecule has 0 aliphatic heterocycles. The van der Waals surface area contributed by atoms with Gasteiger partial charge < -0.3 is 10.2 Å². The normalized spacial score (nSPS) is 10.4. The highest BCUT2D eigenvalue weighted by atomic mass is 35.5. The molecule has 1 N–H and O–H groups in total. The minimum atomic E-state index is 0.751. The van der Waals surface area contributed by atoms with Gasteiger partial charge in [0.2, 0.25) is 0 Å². The first-order valence-electron chi connectivity index (χ1n) is 6.50. The minimum absolute atomic E-state index is 0.751. The summed E-state index contributed by atoms with van der Waals surface area (Å²) in [5.74, 6) is 2.56. The monoisotopic (exact) mass is 290 g/mol. The minimum Gasteiger partial charge on any atom is -0.373 e. The van der Waals surface area contributed by atoms with Gasteiger partial charge in [0, 0.05) is 31.2 Å². The maximum atomic E-state index is 6.02. The van der Waals surface area contributed by atoms with Gasteiger partial charge in [0.15, 0.2) is 0 Å². The Hall–Kier alpha value is -1.81. The van der Waals surface area contributed by atoms with Crippen LogP contribution in [0.15, 0.2) is 24.3 Å². The van der Waals surface area contributed by atoms with Crippen molar-refractivity contribution in [3.8, 4) is 0 Å². The molecule has 0 aliphatic rings. The van der Waals surface area contributed by atoms with Gasteiger partial charge in [-0.2, -0.15) is 0 Å². The average molecular weight is 291 g/mol. The molecule has 1 heterocycles. The van der Waals surface area contributed by atoms with Crippen LogP contribution in [0.25, 0.3) is 0 Å². The third-order valence-corrected chi connectivity index (χ3v) is 3.37. The molecule has 0 amide bonds. The summed E-state index contributed by atoms with van der Waals surface area (Å²) in [5, 5.41) is 3.86. The van der Waals surface area contributed by atoms with Crippen LogP contribution in [0.3, 0.4) is 0 Å². The predicted octanol–water partition coefficient (Wildman–Crippen LogP) is 3.42. The van der Waals surface area contributed by atoms with Gasteiger partial charge in [0.25, 0.3) is 0 Å². The largest absolute Gasteiger partial charge is 0.373 e. The van der Waals surface area contributed by atoms with E-state index in [-0.39, 0.29) is 0 Å². The van der Waals surface area contributed by atoms with Gasteiger partial charge in [-0.25, -0.2) is 9.97 Å². The van der Waals surface area contributed by atoms with Crippen molar-refractivity contribution in [1.29, 1.82) is 0 Å². The number of rotatable bonds is 4. The van der Waals surface area contributed by atoms with Crippen LogP contribution in [0.4, 0.5) is 11.6 Å². The highest BCUT2D eigenvalue weighted by Crippen LogP contribution is 2.24. The van der Waals surface area contributed by atoms with Gasteiger partial charge in [-0.05, 0) is 31.5 Å². The second-order valence-electron chi connectivity index (χ2n) is 4.80. The summed E-state index contributed by atoms with van der Waals surface area (Å²) >= 11 is 6.02. The average Bonchev–Trinajstić information content (AvgIpc) is 2.40. The van der Waals surface area contributed by atoms with Crippen LogP contribution >= 0.6 is 11.6 Å². The number of benzene rings is 1. The Morgan fingerprint density at radius 1 is 1.25 bits per heavy atom. The van der Waals surface area contributed by atoms with E-state index in [0.29, 0.717) is 0 Å². The van der Waals surface area contributed by atoms with Gasteiger partial charge in [-0.1, -0.05) is 23.7 Å². The van der Waals surface area contributed by atoms with E-state index < -0.39 is 0 Å². The summed E-state index contributed by atoms with van der Waals surface area (Å²) in [6.45, 7) is 4.67. The molecule has 2 rings (SSSR count). The Bertz CT molecular complexity index is 613. The molecule has 5 heteroatoms. The number of nitrogens with one attached hydrogen (secondary N) is 1. The SMILES string of the molecule is CNc1nc(C)nc(N(C)Cc2cccc(Cl)c2)c1C. The fourth-order valence-corrected chi connectivity index (χ4v) is 2.43. The van der Waals surface area contributed by atoms with Crippen molar-refractivity contribution in [2.24, 2.45) is 0 Å². The lowest BCUT2D eigenvalue weighted by Crippen LogP contribution is -2.20. The summed E-state index contributed by atoms with van der Waals surface area (Å²) in [4.78, 5) is 11.0. The molecular formula is C15H19ClN4. The van der Waals surface area contributed by atoms with Gasteiger partial charge >= 0.3 is 0 Å². The van der Waals surface area contributed by atoms with Crippen LogP contribution in [0.2, 0.25) is 5.02 Å². The van der Waals surface area contributed by atoms with Crippen LogP contribution in [-0.4, -0.2) is 24.1 Å². The molecule has 0 radical (unpaired) electrons. The Labute approximate surface area is 124 Å². The van der Waals surface area contributed by atoms with E-state index >= 15 is 0 Å². The van der Waals surface area contributed by atoms with Gasteiger partial charge in [0.05, 0.1) is 0 Å². The number of anilines is 2. The van der Waals surface area contributed by atoms with Crippen molar-refractivity contribution in [3.63, 3.8) is 0 Å². The van der Waals surface area contributed by atoms with Crippen molar-refractivity contribution in [3.05, 3.63) is 46.2 Å². The molecule has 0 unspecified atom stereocenters. The first-order valence-corrected chi connectivity index (χ1v) is 6.87. The number of aromatic nitrogens is 2. The lowest BCUT2D eigenvalue weighted by atomic mass is 10.2. The van der Waals surface area contributed by atoms with Crippen LogP contribution in [0.1, 0.15) is 17.0 Å². The summed E-state index contributed by atoms with van der Waals surface area (Å²) in [6.07, 6.45) is 0. The van der Waals surface area contributed by atoms with E-state index in [0.717, 1.165) is 40.2 Å². The Kier molecular flexibility index (Phi) is 4.45. The summed E-state index contributed by atoms with van der Waals surface area (Å²) in [6, 6.07) is 7.87. The molecular weight excluding hydrogens is 272 g/mol. The van der Waals surface area contributed by atoms with Crippen LogP contribution in [0, 0.1) is 13.8 Å². The fraction of sp³-hybridized carbons (Fsp3) is 0.333. The number of hydrogen-bond donors (Lipinski definition) is 1. The van der Waals surface area contributed by atoms with E-state index in [9.17, 15) is 0 Å². The van der Waals surface area contributed by atoms with E-state index in [1.807, 2.05) is 46.1 Å². The first-order chi connectivity index (χ1) is 9.51. The molecule has 0 fully saturated rings. The molecule has 4 nitrogen and oxygen atoms in total. The number of halogens is 1. The van der Waals surface area contributed by atoms with Gasteiger partial charge in [-0.3, -0.25) is 0 Å². The fourth-order valence-electron chi connectivity index (χ4n) is 2.21. The van der Waals surface area contributed by atoms with E-state index in [1.165, 1.54) is 0 Å². The standard InChI is InChI=1S/C15H19ClN4/c1-10-14(17-3)18-11(2)19-15(10)20(4)9-12-6-5-7-13(16)8-12/h5-8H,9H2,1-4H3,(H,17,18,19). The molecule has 1 aromatic heterocycles. The van der Waals surface area contributed by atoms with Crippen molar-refractivity contribution in [2.75, 3.05) is 24.3 Å². The molecule has 2 aromatic rings. The Morgan fingerprint density at radius 2 is 2.00 bits per heavy atom. The van der Waals surface area contributed by atoms with Crippen molar-refractivity contribution < 1.29 is 0 Å². The molecule has 106 valence electrons. The topological polar surface area (TPSA) is 41.1 Å². The number of nitrogens with zero attached hydrogens (tertiary/aromatic N) is 3. The molecule has 0 saturated heterocycles. The zero-order valence-corrected chi connectivity index (χ0v) is 13.0. The van der Waals surface area contributed by atoms with E-state index in [4.69, 9.17) is 11.6 Å². The van der Waals surface area contributed by atoms with E-state index in [1.54, 1.807) is 0 Å². The number of hydrogen-bond acceptors (Lipinski definition) is 4. The molecule has 0 bridgehead atoms. The van der Waals surface area contributed by atoms with Crippen molar-refractivity contribution in [1.82, 2.24) is 9.97 Å². The van der Waals surface area contributed by atoms with Crippen molar-refractivity contribution in [2.45, 2.75) is 20.4 Å². The smallest absolute Gasteiger partial charge is 0.137 e. The lowest BCUT2D eigenvalue weighted by molar-refractivity contribution is 0.871. The quantitative estimate of drug-likeness (QED) is 0.937. The van der Waals surface area contributed by atoms with Crippen LogP contribution in [-0.2, 0) is 6.54 Å². The lowest BCUT2D eigenvalue weighted by Gasteiger charge is -2.22. The Morgan fingerprint density at radius 3 is 2.65 bits per heavy atom. The van der Waals surface area contributed by atoms with Gasteiger partial charge in [-0.15, -0.1) is 0 Å². The highest BCUT2D eigenvalue weighted by molar-refractivity contribution is 6.30. The summed E-state index contributed by atoms with van der Waals surface area (Å²) < 4.78 is 0. The third-order valence-electron chi connectivity index (χ3n) is 3.14. The predicted molar refractivity (Wildman–Crippen MR) is 84.6 cm³/mol. The summed E-state index contributed by atoms with van der Waals surface area (Å²) in [5.41, 5.74) is 2.20. The third kappa shape index (κ3) is 3.20. The second-order valence-corrected chi connectivity index (χ2v) is 5.24. The molecule has 1 aromatic carbocycles. The maximum absolute atomic E-state index is 6.02. The van der Waals surface area contributed by atoms with Gasteiger partial charge in [0.1, 0.15) is 17.5 Å². The first kappa shape index (κ1) is 14.6. The van der Waals surface area contributed by atoms with Crippen LogP contribution in [0.5, 0.6) is 0 Å². The second kappa shape index (κ2) is 6.09. The van der Waals surface area contributed by atoms with Crippen molar-refractivity contribution >= 4 is 23.2 Å². The molecule has 0 atom stereocenters. The summed E-state index contributed by atoms with van der Waals surface area (Å²) in [7, 11) is 3.89. The highest BCUT2D eigenvalue weighted by Gasteiger charge is 2.12. The molecule has 0 saturated carbocycles.